The van der Waals surface area contributed by atoms with E-state index in [1.165, 1.54) is 17.6 Å². The van der Waals surface area contributed by atoms with Crippen molar-refractivity contribution in [1.29, 1.82) is 0 Å². The molecule has 2 aliphatic heterocycles. The number of rotatable bonds is 6. The Morgan fingerprint density at radius 3 is 2.84 bits per heavy atom. The summed E-state index contributed by atoms with van der Waals surface area (Å²) in [6, 6.07) is 1.90. The molecule has 1 spiro atoms. The highest BCUT2D eigenvalue weighted by molar-refractivity contribution is 7.90. The van der Waals surface area contributed by atoms with E-state index in [1.807, 2.05) is 6.20 Å². The zero-order chi connectivity index (χ0) is 23.1. The smallest absolute Gasteiger partial charge is 0.369 e. The van der Waals surface area contributed by atoms with Crippen LogP contribution in [0.3, 0.4) is 0 Å². The van der Waals surface area contributed by atoms with Crippen LogP contribution in [0, 0.1) is 0 Å². The minimum absolute atomic E-state index is 0.0492. The number of aromatic nitrogens is 2. The number of halogens is 3. The van der Waals surface area contributed by atoms with E-state index in [4.69, 9.17) is 4.74 Å². The number of hydrogen-bond donors (Lipinski definition) is 0. The van der Waals surface area contributed by atoms with Crippen LogP contribution in [0.15, 0.2) is 18.5 Å². The summed E-state index contributed by atoms with van der Waals surface area (Å²) in [5.74, 6) is 0.0492. The number of fused-ring (bicyclic) bond motifs is 2. The zero-order valence-corrected chi connectivity index (χ0v) is 19.8. The fourth-order valence-corrected chi connectivity index (χ4v) is 6.63. The summed E-state index contributed by atoms with van der Waals surface area (Å²) in [5, 5.41) is 4.27. The topological polar surface area (TPSA) is 64.4 Å². The molecule has 178 valence electrons. The molecule has 0 radical (unpaired) electrons. The summed E-state index contributed by atoms with van der Waals surface area (Å²) in [6.45, 7) is 4.44. The lowest BCUT2D eigenvalue weighted by Gasteiger charge is -2.47. The standard InChI is InChI=1S/C21H28F3N3O3S2/c1-15-10-20(19-17(3-7-30-20)9-18(31-19)11-21(22,23)24)4-5-26(15)13-16-12-25-27(14-16)6-8-32(2,28)29/h9,12,14-15H,3-8,10-11,13H2,1-2H3. The van der Waals surface area contributed by atoms with Gasteiger partial charge in [-0.05, 0) is 37.8 Å². The predicted molar refractivity (Wildman–Crippen MR) is 116 cm³/mol. The summed E-state index contributed by atoms with van der Waals surface area (Å²) < 4.78 is 69.3. The quantitative estimate of drug-likeness (QED) is 0.619. The van der Waals surface area contributed by atoms with E-state index >= 15 is 0 Å². The number of nitrogens with zero attached hydrogens (tertiary/aromatic N) is 3. The SMILES string of the molecule is CC1CC2(CCN1Cc1cnn(CCS(C)(=O)=O)c1)OCCc1cc(CC(F)(F)F)sc12. The summed E-state index contributed by atoms with van der Waals surface area (Å²) in [6.07, 6.45) is 1.89. The van der Waals surface area contributed by atoms with Crippen LogP contribution in [-0.4, -0.2) is 60.5 Å². The van der Waals surface area contributed by atoms with Crippen molar-refractivity contribution in [3.05, 3.63) is 39.3 Å². The zero-order valence-electron chi connectivity index (χ0n) is 18.2. The van der Waals surface area contributed by atoms with Crippen LogP contribution in [-0.2, 0) is 46.1 Å². The number of thiophene rings is 1. The van der Waals surface area contributed by atoms with Gasteiger partial charge in [0.05, 0.1) is 31.5 Å². The Morgan fingerprint density at radius 1 is 1.38 bits per heavy atom. The van der Waals surface area contributed by atoms with Crippen LogP contribution < -0.4 is 0 Å². The molecule has 0 aliphatic carbocycles. The number of piperidine rings is 1. The van der Waals surface area contributed by atoms with E-state index in [0.717, 1.165) is 35.4 Å². The highest BCUT2D eigenvalue weighted by Gasteiger charge is 2.45. The molecule has 2 unspecified atom stereocenters. The third-order valence-electron chi connectivity index (χ3n) is 6.21. The van der Waals surface area contributed by atoms with Gasteiger partial charge in [0.25, 0.3) is 0 Å². The molecule has 2 aromatic rings. The molecule has 6 nitrogen and oxygen atoms in total. The van der Waals surface area contributed by atoms with Gasteiger partial charge in [0.15, 0.2) is 0 Å². The maximum absolute atomic E-state index is 12.9. The second-order valence-corrected chi connectivity index (χ2v) is 12.4. The van der Waals surface area contributed by atoms with Crippen molar-refractivity contribution in [3.8, 4) is 0 Å². The summed E-state index contributed by atoms with van der Waals surface area (Å²) in [4.78, 5) is 3.66. The van der Waals surface area contributed by atoms with E-state index in [2.05, 4.69) is 16.9 Å². The summed E-state index contributed by atoms with van der Waals surface area (Å²) in [7, 11) is -3.04. The van der Waals surface area contributed by atoms with Crippen molar-refractivity contribution in [3.63, 3.8) is 0 Å². The fourth-order valence-electron chi connectivity index (χ4n) is 4.69. The molecule has 0 N–H and O–H groups in total. The second kappa shape index (κ2) is 8.73. The average Bonchev–Trinajstić information content (AvgIpc) is 3.28. The molecule has 2 atom stereocenters. The van der Waals surface area contributed by atoms with Gasteiger partial charge in [0.1, 0.15) is 15.4 Å². The van der Waals surface area contributed by atoms with E-state index in [9.17, 15) is 21.6 Å². The third-order valence-corrected chi connectivity index (χ3v) is 8.50. The van der Waals surface area contributed by atoms with Crippen molar-refractivity contribution < 1.29 is 26.3 Å². The van der Waals surface area contributed by atoms with Crippen LogP contribution in [0.4, 0.5) is 13.2 Å². The largest absolute Gasteiger partial charge is 0.393 e. The lowest BCUT2D eigenvalue weighted by Crippen LogP contribution is -2.49. The van der Waals surface area contributed by atoms with Gasteiger partial charge in [-0.1, -0.05) is 0 Å². The van der Waals surface area contributed by atoms with Crippen LogP contribution in [0.5, 0.6) is 0 Å². The van der Waals surface area contributed by atoms with Crippen LogP contribution in [0.25, 0.3) is 0 Å². The minimum Gasteiger partial charge on any atom is -0.369 e. The molecule has 1 fully saturated rings. The molecule has 2 aromatic heterocycles. The number of hydrogen-bond acceptors (Lipinski definition) is 6. The number of likely N-dealkylation sites (tertiary alicyclic amines) is 1. The third kappa shape index (κ3) is 5.55. The fraction of sp³-hybridized carbons (Fsp3) is 0.667. The van der Waals surface area contributed by atoms with Crippen molar-refractivity contribution >= 4 is 21.2 Å². The van der Waals surface area contributed by atoms with Crippen molar-refractivity contribution in [2.75, 3.05) is 25.2 Å². The molecule has 0 aromatic carbocycles. The lowest BCUT2D eigenvalue weighted by atomic mass is 9.82. The Labute approximate surface area is 190 Å². The Balaban J connectivity index is 1.42. The summed E-state index contributed by atoms with van der Waals surface area (Å²) >= 11 is 1.26. The number of alkyl halides is 3. The van der Waals surface area contributed by atoms with E-state index in [-0.39, 0.29) is 11.8 Å². The molecule has 0 saturated carbocycles. The van der Waals surface area contributed by atoms with Gasteiger partial charge >= 0.3 is 6.18 Å². The van der Waals surface area contributed by atoms with Crippen molar-refractivity contribution in [2.24, 2.45) is 0 Å². The van der Waals surface area contributed by atoms with E-state index < -0.39 is 28.0 Å². The molecule has 1 saturated heterocycles. The van der Waals surface area contributed by atoms with Gasteiger partial charge in [-0.2, -0.15) is 18.3 Å². The molecular formula is C21H28F3N3O3S2. The van der Waals surface area contributed by atoms with Gasteiger partial charge in [-0.25, -0.2) is 8.42 Å². The van der Waals surface area contributed by atoms with Gasteiger partial charge in [-0.15, -0.1) is 11.3 Å². The molecule has 4 rings (SSSR count). The average molecular weight is 492 g/mol. The van der Waals surface area contributed by atoms with Gasteiger partial charge < -0.3 is 4.74 Å². The Kier molecular flexibility index (Phi) is 6.47. The highest BCUT2D eigenvalue weighted by Crippen LogP contribution is 2.47. The summed E-state index contributed by atoms with van der Waals surface area (Å²) in [5.41, 5.74) is 1.51. The predicted octanol–water partition coefficient (Wildman–Crippen LogP) is 3.55. The molecule has 2 aliphatic rings. The van der Waals surface area contributed by atoms with Crippen LogP contribution in [0.1, 0.15) is 40.6 Å². The second-order valence-electron chi connectivity index (χ2n) is 8.97. The lowest BCUT2D eigenvalue weighted by molar-refractivity contribution is -0.126. The molecule has 0 amide bonds. The normalized spacial score (nSPS) is 24.7. The van der Waals surface area contributed by atoms with E-state index in [1.54, 1.807) is 16.9 Å². The first-order valence-electron chi connectivity index (χ1n) is 10.7. The maximum atomic E-state index is 12.9. The number of ether oxygens (including phenoxy) is 1. The Bertz CT molecular complexity index is 1060. The van der Waals surface area contributed by atoms with E-state index in [0.29, 0.717) is 31.0 Å². The molecule has 11 heteroatoms. The van der Waals surface area contributed by atoms with Crippen LogP contribution in [0.2, 0.25) is 0 Å². The Morgan fingerprint density at radius 2 is 2.16 bits per heavy atom. The van der Waals surface area contributed by atoms with Crippen molar-refractivity contribution in [1.82, 2.24) is 14.7 Å². The van der Waals surface area contributed by atoms with Gasteiger partial charge in [0, 0.05) is 46.9 Å². The number of aryl methyl sites for hydroxylation is 1. The monoisotopic (exact) mass is 491 g/mol. The molecule has 4 heterocycles. The van der Waals surface area contributed by atoms with Crippen LogP contribution >= 0.6 is 11.3 Å². The van der Waals surface area contributed by atoms with Crippen molar-refractivity contribution in [2.45, 2.75) is 63.5 Å². The maximum Gasteiger partial charge on any atom is 0.393 e. The van der Waals surface area contributed by atoms with Gasteiger partial charge in [-0.3, -0.25) is 9.58 Å². The Hall–Kier alpha value is -1.43. The highest BCUT2D eigenvalue weighted by atomic mass is 32.2. The first kappa shape index (κ1) is 23.7. The molecule has 0 bridgehead atoms. The molecule has 32 heavy (non-hydrogen) atoms. The minimum atomic E-state index is -4.20. The first-order valence-corrected chi connectivity index (χ1v) is 13.6. The number of sulfone groups is 1. The first-order chi connectivity index (χ1) is 14.9. The van der Waals surface area contributed by atoms with Gasteiger partial charge in [0.2, 0.25) is 0 Å². The molecular weight excluding hydrogens is 463 g/mol.